The van der Waals surface area contributed by atoms with Gasteiger partial charge in [-0.1, -0.05) is 18.2 Å². The molecule has 0 unspecified atom stereocenters. The molecule has 0 amide bonds. The van der Waals surface area contributed by atoms with Gasteiger partial charge in [0.15, 0.2) is 0 Å². The molecule has 0 atom stereocenters. The molecular formula is C16H22N4O. The van der Waals surface area contributed by atoms with Crippen molar-refractivity contribution in [2.75, 3.05) is 38.2 Å². The molecule has 0 radical (unpaired) electrons. The minimum Gasteiger partial charge on any atom is -0.379 e. The molecule has 5 heteroatoms. The minimum atomic E-state index is 0.845. The lowest BCUT2D eigenvalue weighted by atomic mass is 10.3. The Morgan fingerprint density at radius 3 is 2.67 bits per heavy atom. The van der Waals surface area contributed by atoms with E-state index in [0.29, 0.717) is 0 Å². The van der Waals surface area contributed by atoms with Crippen LogP contribution in [0, 0.1) is 6.92 Å². The van der Waals surface area contributed by atoms with Crippen molar-refractivity contribution in [2.24, 2.45) is 0 Å². The molecule has 1 aromatic carbocycles. The maximum absolute atomic E-state index is 5.39. The quantitative estimate of drug-likeness (QED) is 0.915. The van der Waals surface area contributed by atoms with Gasteiger partial charge in [0.2, 0.25) is 5.95 Å². The summed E-state index contributed by atoms with van der Waals surface area (Å²) in [4.78, 5) is 7.01. The highest BCUT2D eigenvalue weighted by Crippen LogP contribution is 2.16. The van der Waals surface area contributed by atoms with E-state index in [0.717, 1.165) is 56.7 Å². The molecule has 0 spiro atoms. The summed E-state index contributed by atoms with van der Waals surface area (Å²) in [6, 6.07) is 10.2. The number of rotatable bonds is 5. The van der Waals surface area contributed by atoms with Crippen LogP contribution in [0.3, 0.4) is 0 Å². The number of benzene rings is 1. The highest BCUT2D eigenvalue weighted by Gasteiger charge is 2.12. The fraction of sp³-hybridized carbons (Fsp3) is 0.438. The van der Waals surface area contributed by atoms with Gasteiger partial charge in [-0.05, 0) is 19.1 Å². The van der Waals surface area contributed by atoms with Crippen LogP contribution in [0.5, 0.6) is 0 Å². The number of aryl methyl sites for hydroxylation is 1. The molecule has 3 rings (SSSR count). The molecule has 1 saturated heterocycles. The predicted octanol–water partition coefficient (Wildman–Crippen LogP) is 2.27. The van der Waals surface area contributed by atoms with Crippen LogP contribution in [0.15, 0.2) is 36.5 Å². The number of aromatic nitrogens is 2. The monoisotopic (exact) mass is 286 g/mol. The molecule has 1 aliphatic heterocycles. The number of para-hydroxylation sites is 1. The van der Waals surface area contributed by atoms with Crippen LogP contribution in [0.4, 0.5) is 11.6 Å². The molecule has 1 aliphatic rings. The number of morpholine rings is 1. The van der Waals surface area contributed by atoms with Crippen molar-refractivity contribution < 1.29 is 4.74 Å². The zero-order valence-electron chi connectivity index (χ0n) is 12.5. The third kappa shape index (κ3) is 3.83. The molecular weight excluding hydrogens is 264 g/mol. The number of nitrogens with zero attached hydrogens (tertiary/aromatic N) is 3. The van der Waals surface area contributed by atoms with E-state index in [9.17, 15) is 0 Å². The normalized spacial score (nSPS) is 16.0. The van der Waals surface area contributed by atoms with Crippen molar-refractivity contribution in [2.45, 2.75) is 13.5 Å². The average Bonchev–Trinajstić information content (AvgIpc) is 2.87. The summed E-state index contributed by atoms with van der Waals surface area (Å²) in [5, 5.41) is 3.39. The molecule has 1 fully saturated rings. The average molecular weight is 286 g/mol. The summed E-state index contributed by atoms with van der Waals surface area (Å²) in [5.74, 6) is 0.909. The summed E-state index contributed by atoms with van der Waals surface area (Å²) in [6.07, 6.45) is 2.10. The van der Waals surface area contributed by atoms with E-state index >= 15 is 0 Å². The second kappa shape index (κ2) is 6.74. The largest absolute Gasteiger partial charge is 0.379 e. The van der Waals surface area contributed by atoms with E-state index in [2.05, 4.69) is 38.1 Å². The maximum Gasteiger partial charge on any atom is 0.207 e. The summed E-state index contributed by atoms with van der Waals surface area (Å²) < 4.78 is 7.58. The lowest BCUT2D eigenvalue weighted by molar-refractivity contribution is 0.0364. The van der Waals surface area contributed by atoms with E-state index in [4.69, 9.17) is 4.74 Å². The predicted molar refractivity (Wildman–Crippen MR) is 83.9 cm³/mol. The molecule has 0 saturated carbocycles. The zero-order valence-corrected chi connectivity index (χ0v) is 12.5. The minimum absolute atomic E-state index is 0.845. The number of imidazole rings is 1. The second-order valence-electron chi connectivity index (χ2n) is 5.34. The van der Waals surface area contributed by atoms with Crippen molar-refractivity contribution in [3.8, 4) is 0 Å². The third-order valence-corrected chi connectivity index (χ3v) is 3.69. The number of hydrogen-bond acceptors (Lipinski definition) is 4. The molecule has 112 valence electrons. The van der Waals surface area contributed by atoms with Crippen LogP contribution >= 0.6 is 0 Å². The first-order chi connectivity index (χ1) is 10.3. The van der Waals surface area contributed by atoms with E-state index in [1.165, 1.54) is 0 Å². The fourth-order valence-corrected chi connectivity index (χ4v) is 2.54. The van der Waals surface area contributed by atoms with Gasteiger partial charge in [0.1, 0.15) is 0 Å². The van der Waals surface area contributed by atoms with Gasteiger partial charge in [-0.25, -0.2) is 4.98 Å². The molecule has 5 nitrogen and oxygen atoms in total. The van der Waals surface area contributed by atoms with Crippen molar-refractivity contribution in [1.82, 2.24) is 14.5 Å². The first-order valence-electron chi connectivity index (χ1n) is 7.47. The summed E-state index contributed by atoms with van der Waals surface area (Å²) in [5.41, 5.74) is 2.10. The van der Waals surface area contributed by atoms with Crippen molar-refractivity contribution in [3.63, 3.8) is 0 Å². The fourth-order valence-electron chi connectivity index (χ4n) is 2.54. The maximum atomic E-state index is 5.39. The van der Waals surface area contributed by atoms with E-state index in [1.54, 1.807) is 0 Å². The first-order valence-corrected chi connectivity index (χ1v) is 7.47. The van der Waals surface area contributed by atoms with Crippen LogP contribution in [0.25, 0.3) is 0 Å². The third-order valence-electron chi connectivity index (χ3n) is 3.69. The molecule has 0 bridgehead atoms. The van der Waals surface area contributed by atoms with E-state index in [-0.39, 0.29) is 0 Å². The van der Waals surface area contributed by atoms with Gasteiger partial charge in [0.05, 0.1) is 18.9 Å². The second-order valence-corrected chi connectivity index (χ2v) is 5.34. The number of ether oxygens (including phenoxy) is 1. The van der Waals surface area contributed by atoms with Gasteiger partial charge in [0, 0.05) is 38.1 Å². The number of anilines is 2. The van der Waals surface area contributed by atoms with Gasteiger partial charge >= 0.3 is 0 Å². The highest BCUT2D eigenvalue weighted by molar-refractivity contribution is 5.53. The number of nitrogens with one attached hydrogen (secondary N) is 1. The van der Waals surface area contributed by atoms with Gasteiger partial charge < -0.3 is 14.6 Å². The Balaban J connectivity index is 1.64. The molecule has 1 N–H and O–H groups in total. The van der Waals surface area contributed by atoms with Crippen LogP contribution in [0.1, 0.15) is 5.69 Å². The molecule has 21 heavy (non-hydrogen) atoms. The van der Waals surface area contributed by atoms with Crippen molar-refractivity contribution in [1.29, 1.82) is 0 Å². The van der Waals surface area contributed by atoms with Gasteiger partial charge in [-0.2, -0.15) is 0 Å². The standard InChI is InChI=1S/C16H22N4O/c1-14-13-20(8-7-19-9-11-21-12-10-19)16(17-14)18-15-5-3-2-4-6-15/h2-6,13H,7-12H2,1H3,(H,17,18). The smallest absolute Gasteiger partial charge is 0.207 e. The summed E-state index contributed by atoms with van der Waals surface area (Å²) in [7, 11) is 0. The Morgan fingerprint density at radius 2 is 1.90 bits per heavy atom. The topological polar surface area (TPSA) is 42.3 Å². The molecule has 0 aliphatic carbocycles. The zero-order chi connectivity index (χ0) is 14.5. The Morgan fingerprint density at radius 1 is 1.14 bits per heavy atom. The van der Waals surface area contributed by atoms with Crippen LogP contribution in [0.2, 0.25) is 0 Å². The highest BCUT2D eigenvalue weighted by atomic mass is 16.5. The lowest BCUT2D eigenvalue weighted by Crippen LogP contribution is -2.38. The van der Waals surface area contributed by atoms with Gasteiger partial charge in [0.25, 0.3) is 0 Å². The SMILES string of the molecule is Cc1cn(CCN2CCOCC2)c(Nc2ccccc2)n1. The molecule has 2 heterocycles. The van der Waals surface area contributed by atoms with Gasteiger partial charge in [-0.15, -0.1) is 0 Å². The molecule has 1 aromatic heterocycles. The van der Waals surface area contributed by atoms with E-state index in [1.807, 2.05) is 25.1 Å². The molecule has 2 aromatic rings. The van der Waals surface area contributed by atoms with Gasteiger partial charge in [-0.3, -0.25) is 4.90 Å². The van der Waals surface area contributed by atoms with Crippen molar-refractivity contribution in [3.05, 3.63) is 42.2 Å². The summed E-state index contributed by atoms with van der Waals surface area (Å²) in [6.45, 7) is 7.74. The lowest BCUT2D eigenvalue weighted by Gasteiger charge is -2.26. The Kier molecular flexibility index (Phi) is 4.52. The Labute approximate surface area is 125 Å². The van der Waals surface area contributed by atoms with E-state index < -0.39 is 0 Å². The van der Waals surface area contributed by atoms with Crippen LogP contribution in [-0.2, 0) is 11.3 Å². The Bertz CT molecular complexity index is 561. The van der Waals surface area contributed by atoms with Crippen LogP contribution < -0.4 is 5.32 Å². The van der Waals surface area contributed by atoms with Crippen LogP contribution in [-0.4, -0.2) is 47.3 Å². The van der Waals surface area contributed by atoms with Crippen molar-refractivity contribution >= 4 is 11.6 Å². The first kappa shape index (κ1) is 14.1. The Hall–Kier alpha value is -1.85. The summed E-state index contributed by atoms with van der Waals surface area (Å²) >= 11 is 0. The number of hydrogen-bond donors (Lipinski definition) is 1.